The Bertz CT molecular complexity index is 508. The van der Waals surface area contributed by atoms with E-state index < -0.39 is 11.3 Å². The van der Waals surface area contributed by atoms with Gasteiger partial charge < -0.3 is 9.47 Å². The molecule has 2 heterocycles. The molecule has 0 N–H and O–H groups in total. The Kier molecular flexibility index (Phi) is 4.75. The zero-order valence-electron chi connectivity index (χ0n) is 14.1. The summed E-state index contributed by atoms with van der Waals surface area (Å²) in [4.78, 5) is 18.4. The van der Waals surface area contributed by atoms with Gasteiger partial charge in [0.15, 0.2) is 0 Å². The lowest BCUT2D eigenvalue weighted by Crippen LogP contribution is -2.49. The molecule has 0 radical (unpaired) electrons. The van der Waals surface area contributed by atoms with Crippen LogP contribution in [0, 0.1) is 0 Å². The van der Waals surface area contributed by atoms with Crippen LogP contribution in [0.1, 0.15) is 46.6 Å². The largest absolute Gasteiger partial charge is 0.444 e. The van der Waals surface area contributed by atoms with Crippen molar-refractivity contribution in [3.8, 4) is 0 Å². The fourth-order valence-electron chi connectivity index (χ4n) is 2.66. The summed E-state index contributed by atoms with van der Waals surface area (Å²) in [6.07, 6.45) is 4.99. The van der Waals surface area contributed by atoms with Crippen molar-refractivity contribution in [3.63, 3.8) is 0 Å². The molecule has 1 aliphatic rings. The van der Waals surface area contributed by atoms with Crippen molar-refractivity contribution in [2.45, 2.75) is 64.8 Å². The van der Waals surface area contributed by atoms with E-state index in [1.165, 1.54) is 0 Å². The first-order valence-electron chi connectivity index (χ1n) is 7.74. The van der Waals surface area contributed by atoms with Crippen LogP contribution in [0.15, 0.2) is 24.5 Å². The average molecular weight is 306 g/mol. The zero-order valence-corrected chi connectivity index (χ0v) is 14.1. The van der Waals surface area contributed by atoms with E-state index in [2.05, 4.69) is 4.98 Å². The predicted molar refractivity (Wildman–Crippen MR) is 84.5 cm³/mol. The summed E-state index contributed by atoms with van der Waals surface area (Å²) in [7, 11) is 0. The molecule has 1 amide bonds. The molecule has 122 valence electrons. The van der Waals surface area contributed by atoms with E-state index in [9.17, 15) is 4.79 Å². The van der Waals surface area contributed by atoms with E-state index in [0.717, 1.165) is 18.4 Å². The molecule has 1 aliphatic heterocycles. The second kappa shape index (κ2) is 6.24. The van der Waals surface area contributed by atoms with Gasteiger partial charge in [-0.25, -0.2) is 4.79 Å². The number of carbonyl (C=O) groups is 1. The first kappa shape index (κ1) is 16.7. The standard InChI is InChI=1S/C17H26N2O3/c1-16(2,3)22-15(20)19-14(12-21-17(19,4)5)9-8-13-7-6-10-18-11-13/h6-7,10-11,14H,8-9,12H2,1-5H3/t14-/m0/s1. The van der Waals surface area contributed by atoms with Crippen LogP contribution in [-0.2, 0) is 15.9 Å². The second-order valence-corrected chi connectivity index (χ2v) is 7.16. The molecule has 1 fully saturated rings. The molecule has 1 aromatic rings. The third-order valence-corrected chi connectivity index (χ3v) is 3.65. The number of aryl methyl sites for hydroxylation is 1. The second-order valence-electron chi connectivity index (χ2n) is 7.16. The average Bonchev–Trinajstić information content (AvgIpc) is 2.71. The molecule has 0 aliphatic carbocycles. The Balaban J connectivity index is 2.04. The summed E-state index contributed by atoms with van der Waals surface area (Å²) in [5, 5.41) is 0. The number of amides is 1. The number of nitrogens with zero attached hydrogens (tertiary/aromatic N) is 2. The summed E-state index contributed by atoms with van der Waals surface area (Å²) in [5.41, 5.74) is 0.0161. The van der Waals surface area contributed by atoms with Crippen molar-refractivity contribution in [3.05, 3.63) is 30.1 Å². The highest BCUT2D eigenvalue weighted by Crippen LogP contribution is 2.31. The van der Waals surface area contributed by atoms with Crippen LogP contribution in [-0.4, -0.2) is 40.0 Å². The fraction of sp³-hybridized carbons (Fsp3) is 0.647. The number of carbonyl (C=O) groups excluding carboxylic acids is 1. The van der Waals surface area contributed by atoms with Crippen molar-refractivity contribution in [2.75, 3.05) is 6.61 Å². The lowest BCUT2D eigenvalue weighted by molar-refractivity contribution is -0.0626. The zero-order chi connectivity index (χ0) is 16.4. The number of ether oxygens (including phenoxy) is 2. The van der Waals surface area contributed by atoms with Gasteiger partial charge in [-0.3, -0.25) is 9.88 Å². The molecular formula is C17H26N2O3. The van der Waals surface area contributed by atoms with E-state index >= 15 is 0 Å². The molecular weight excluding hydrogens is 280 g/mol. The van der Waals surface area contributed by atoms with Gasteiger partial charge in [-0.2, -0.15) is 0 Å². The number of hydrogen-bond acceptors (Lipinski definition) is 4. The molecule has 0 saturated carbocycles. The monoisotopic (exact) mass is 306 g/mol. The van der Waals surface area contributed by atoms with Gasteiger partial charge in [0.25, 0.3) is 0 Å². The molecule has 22 heavy (non-hydrogen) atoms. The number of rotatable bonds is 3. The molecule has 5 heteroatoms. The SMILES string of the molecule is CC(C)(C)OC(=O)N1[C@@H](CCc2cccnc2)COC1(C)C. The molecule has 0 unspecified atom stereocenters. The third kappa shape index (κ3) is 4.19. The molecule has 0 aromatic carbocycles. The first-order chi connectivity index (χ1) is 10.2. The Morgan fingerprint density at radius 3 is 2.82 bits per heavy atom. The fourth-order valence-corrected chi connectivity index (χ4v) is 2.66. The summed E-state index contributed by atoms with van der Waals surface area (Å²) in [6, 6.07) is 3.99. The van der Waals surface area contributed by atoms with Crippen molar-refractivity contribution >= 4 is 6.09 Å². The Labute approximate surface area is 132 Å². The van der Waals surface area contributed by atoms with Crippen LogP contribution in [0.25, 0.3) is 0 Å². The number of pyridine rings is 1. The van der Waals surface area contributed by atoms with Gasteiger partial charge in [-0.05, 0) is 59.1 Å². The minimum absolute atomic E-state index is 0.0186. The van der Waals surface area contributed by atoms with Gasteiger partial charge in [0, 0.05) is 12.4 Å². The van der Waals surface area contributed by atoms with E-state index in [-0.39, 0.29) is 12.1 Å². The molecule has 2 rings (SSSR count). The lowest BCUT2D eigenvalue weighted by Gasteiger charge is -2.35. The van der Waals surface area contributed by atoms with Gasteiger partial charge >= 0.3 is 6.09 Å². The number of hydrogen-bond donors (Lipinski definition) is 0. The van der Waals surface area contributed by atoms with Crippen LogP contribution in [0.5, 0.6) is 0 Å². The van der Waals surface area contributed by atoms with Crippen LogP contribution in [0.3, 0.4) is 0 Å². The van der Waals surface area contributed by atoms with Crippen LogP contribution in [0.2, 0.25) is 0 Å². The minimum atomic E-state index is -0.637. The van der Waals surface area contributed by atoms with Crippen LogP contribution in [0.4, 0.5) is 4.79 Å². The van der Waals surface area contributed by atoms with Crippen molar-refractivity contribution in [1.82, 2.24) is 9.88 Å². The van der Waals surface area contributed by atoms with E-state index in [1.807, 2.05) is 52.9 Å². The maximum atomic E-state index is 12.5. The normalized spacial score (nSPS) is 21.0. The van der Waals surface area contributed by atoms with E-state index in [4.69, 9.17) is 9.47 Å². The molecule has 0 spiro atoms. The first-order valence-corrected chi connectivity index (χ1v) is 7.74. The Morgan fingerprint density at radius 1 is 1.50 bits per heavy atom. The highest BCUT2D eigenvalue weighted by molar-refractivity contribution is 5.69. The molecule has 0 bridgehead atoms. The molecule has 1 aromatic heterocycles. The summed E-state index contributed by atoms with van der Waals surface area (Å²) in [5.74, 6) is 0. The number of aromatic nitrogens is 1. The molecule has 1 atom stereocenters. The summed E-state index contributed by atoms with van der Waals surface area (Å²) in [6.45, 7) is 9.97. The van der Waals surface area contributed by atoms with E-state index in [1.54, 1.807) is 11.1 Å². The summed E-state index contributed by atoms with van der Waals surface area (Å²) >= 11 is 0. The van der Waals surface area contributed by atoms with Gasteiger partial charge in [-0.1, -0.05) is 6.07 Å². The third-order valence-electron chi connectivity index (χ3n) is 3.65. The Hall–Kier alpha value is -1.62. The maximum absolute atomic E-state index is 12.5. The van der Waals surface area contributed by atoms with Crippen molar-refractivity contribution in [1.29, 1.82) is 0 Å². The van der Waals surface area contributed by atoms with Gasteiger partial charge in [0.1, 0.15) is 11.3 Å². The minimum Gasteiger partial charge on any atom is -0.444 e. The van der Waals surface area contributed by atoms with Gasteiger partial charge in [-0.15, -0.1) is 0 Å². The van der Waals surface area contributed by atoms with E-state index in [0.29, 0.717) is 6.61 Å². The quantitative estimate of drug-likeness (QED) is 0.859. The smallest absolute Gasteiger partial charge is 0.412 e. The predicted octanol–water partition coefficient (Wildman–Crippen LogP) is 3.39. The van der Waals surface area contributed by atoms with Crippen LogP contribution >= 0.6 is 0 Å². The molecule has 1 saturated heterocycles. The van der Waals surface area contributed by atoms with Crippen LogP contribution < -0.4 is 0 Å². The highest BCUT2D eigenvalue weighted by Gasteiger charge is 2.45. The van der Waals surface area contributed by atoms with Crippen molar-refractivity contribution in [2.24, 2.45) is 0 Å². The van der Waals surface area contributed by atoms with Gasteiger partial charge in [0.05, 0.1) is 12.6 Å². The van der Waals surface area contributed by atoms with Gasteiger partial charge in [0.2, 0.25) is 0 Å². The molecule has 5 nitrogen and oxygen atoms in total. The maximum Gasteiger partial charge on any atom is 0.412 e. The van der Waals surface area contributed by atoms with Crippen molar-refractivity contribution < 1.29 is 14.3 Å². The Morgan fingerprint density at radius 2 is 2.23 bits per heavy atom. The topological polar surface area (TPSA) is 51.7 Å². The summed E-state index contributed by atoms with van der Waals surface area (Å²) < 4.78 is 11.3. The lowest BCUT2D eigenvalue weighted by atomic mass is 10.1. The highest BCUT2D eigenvalue weighted by atomic mass is 16.6.